The van der Waals surface area contributed by atoms with Gasteiger partial charge in [0.15, 0.2) is 0 Å². The van der Waals surface area contributed by atoms with E-state index in [1.165, 1.54) is 41.2 Å². The smallest absolute Gasteiger partial charge is 0.133 e. The third-order valence-corrected chi connectivity index (χ3v) is 5.30. The van der Waals surface area contributed by atoms with Crippen LogP contribution in [0.15, 0.2) is 30.8 Å². The van der Waals surface area contributed by atoms with Crippen LogP contribution in [-0.2, 0) is 10.9 Å². The van der Waals surface area contributed by atoms with Crippen LogP contribution in [0, 0.1) is 0 Å². The van der Waals surface area contributed by atoms with Gasteiger partial charge in [0.1, 0.15) is 17.3 Å². The second-order valence-corrected chi connectivity index (χ2v) is 6.43. The number of nitrogens with two attached hydrogens (primary N) is 1. The molecule has 2 rings (SSSR count). The van der Waals surface area contributed by atoms with E-state index in [0.29, 0.717) is 10.9 Å². The SMILES string of the molecule is C=C(C[S+]1CCCC1)c1ccc(N)cc1. The Bertz CT molecular complexity index is 336. The number of hydrogen-bond donors (Lipinski definition) is 1. The molecule has 0 aliphatic carbocycles. The first-order chi connectivity index (χ1) is 7.25. The molecule has 2 heteroatoms. The fourth-order valence-electron chi connectivity index (χ4n) is 1.91. The lowest BCUT2D eigenvalue weighted by Gasteiger charge is -2.05. The summed E-state index contributed by atoms with van der Waals surface area (Å²) in [7, 11) is 0.606. The van der Waals surface area contributed by atoms with Crippen molar-refractivity contribution in [2.45, 2.75) is 12.8 Å². The minimum Gasteiger partial charge on any atom is -0.399 e. The largest absolute Gasteiger partial charge is 0.399 e. The van der Waals surface area contributed by atoms with Crippen LogP contribution in [0.4, 0.5) is 5.69 Å². The lowest BCUT2D eigenvalue weighted by atomic mass is 10.1. The van der Waals surface area contributed by atoms with Crippen molar-refractivity contribution < 1.29 is 0 Å². The molecule has 1 nitrogen and oxygen atoms in total. The number of benzene rings is 1. The van der Waals surface area contributed by atoms with Gasteiger partial charge in [0.05, 0.1) is 0 Å². The van der Waals surface area contributed by atoms with Gasteiger partial charge < -0.3 is 5.73 Å². The van der Waals surface area contributed by atoms with Crippen molar-refractivity contribution in [3.63, 3.8) is 0 Å². The Labute approximate surface area is 94.7 Å². The number of anilines is 1. The molecule has 1 fully saturated rings. The van der Waals surface area contributed by atoms with Crippen LogP contribution in [0.5, 0.6) is 0 Å². The number of hydrogen-bond acceptors (Lipinski definition) is 1. The van der Waals surface area contributed by atoms with E-state index in [1.54, 1.807) is 0 Å². The predicted molar refractivity (Wildman–Crippen MR) is 71.1 cm³/mol. The molecule has 0 radical (unpaired) electrons. The van der Waals surface area contributed by atoms with Crippen LogP contribution in [0.3, 0.4) is 0 Å². The summed E-state index contributed by atoms with van der Waals surface area (Å²) in [6.45, 7) is 4.18. The molecule has 0 bridgehead atoms. The zero-order valence-electron chi connectivity index (χ0n) is 9.04. The van der Waals surface area contributed by atoms with E-state index in [9.17, 15) is 0 Å². The van der Waals surface area contributed by atoms with Gasteiger partial charge in [-0.2, -0.15) is 0 Å². The summed E-state index contributed by atoms with van der Waals surface area (Å²) in [5.41, 5.74) is 9.02. The van der Waals surface area contributed by atoms with Crippen LogP contribution in [0.2, 0.25) is 0 Å². The average molecular weight is 220 g/mol. The number of rotatable bonds is 3. The topological polar surface area (TPSA) is 26.0 Å². The zero-order chi connectivity index (χ0) is 10.7. The highest BCUT2D eigenvalue weighted by Crippen LogP contribution is 2.21. The molecule has 0 unspecified atom stereocenters. The van der Waals surface area contributed by atoms with Crippen LogP contribution < -0.4 is 5.73 Å². The minimum atomic E-state index is 0.606. The lowest BCUT2D eigenvalue weighted by molar-refractivity contribution is 0.949. The molecule has 80 valence electrons. The molecule has 1 aromatic rings. The van der Waals surface area contributed by atoms with E-state index in [1.807, 2.05) is 12.1 Å². The molecule has 1 aliphatic heterocycles. The van der Waals surface area contributed by atoms with E-state index in [4.69, 9.17) is 5.73 Å². The summed E-state index contributed by atoms with van der Waals surface area (Å²) in [4.78, 5) is 0. The first-order valence-corrected chi connectivity index (χ1v) is 7.17. The molecule has 0 saturated carbocycles. The van der Waals surface area contributed by atoms with Crippen LogP contribution in [0.25, 0.3) is 5.57 Å². The second kappa shape index (κ2) is 4.75. The molecule has 1 saturated heterocycles. The molecule has 0 atom stereocenters. The Balaban J connectivity index is 1.98. The zero-order valence-corrected chi connectivity index (χ0v) is 9.85. The standard InChI is InChI=1S/C13H18NS/c1-11(10-15-8-2-3-9-15)12-4-6-13(14)7-5-12/h4-7H,1-3,8-10,14H2/q+1. The quantitative estimate of drug-likeness (QED) is 0.615. The normalized spacial score (nSPS) is 16.8. The fraction of sp³-hybridized carbons (Fsp3) is 0.385. The summed E-state index contributed by atoms with van der Waals surface area (Å²) < 4.78 is 0. The Morgan fingerprint density at radius 2 is 1.80 bits per heavy atom. The molecule has 1 aromatic carbocycles. The van der Waals surface area contributed by atoms with Crippen molar-refractivity contribution in [2.75, 3.05) is 23.0 Å². The Hall–Kier alpha value is -0.890. The average Bonchev–Trinajstić information content (AvgIpc) is 2.71. The van der Waals surface area contributed by atoms with Crippen molar-refractivity contribution >= 4 is 22.2 Å². The van der Waals surface area contributed by atoms with E-state index in [0.717, 1.165) is 5.69 Å². The summed E-state index contributed by atoms with van der Waals surface area (Å²) in [5, 5.41) is 0. The molecule has 1 heterocycles. The maximum atomic E-state index is 5.66. The summed E-state index contributed by atoms with van der Waals surface area (Å²) in [6, 6.07) is 8.07. The maximum Gasteiger partial charge on any atom is 0.133 e. The molecule has 1 aliphatic rings. The van der Waals surface area contributed by atoms with Gasteiger partial charge in [-0.3, -0.25) is 0 Å². The highest BCUT2D eigenvalue weighted by Gasteiger charge is 2.24. The summed E-state index contributed by atoms with van der Waals surface area (Å²) in [5.74, 6) is 4.01. The fourth-order valence-corrected chi connectivity index (χ4v) is 4.28. The van der Waals surface area contributed by atoms with Gasteiger partial charge in [-0.25, -0.2) is 0 Å². The first-order valence-electron chi connectivity index (χ1n) is 5.43. The Kier molecular flexibility index (Phi) is 3.37. The second-order valence-electron chi connectivity index (χ2n) is 4.10. The molecule has 0 amide bonds. The Morgan fingerprint density at radius 1 is 1.20 bits per heavy atom. The highest BCUT2D eigenvalue weighted by molar-refractivity contribution is 7.97. The number of nitrogen functional groups attached to an aromatic ring is 1. The van der Waals surface area contributed by atoms with Crippen molar-refractivity contribution in [3.05, 3.63) is 36.4 Å². The highest BCUT2D eigenvalue weighted by atomic mass is 32.2. The van der Waals surface area contributed by atoms with Gasteiger partial charge in [-0.05, 0) is 41.4 Å². The molecule has 0 aromatic heterocycles. The lowest BCUT2D eigenvalue weighted by Crippen LogP contribution is -2.09. The van der Waals surface area contributed by atoms with Crippen molar-refractivity contribution in [1.82, 2.24) is 0 Å². The van der Waals surface area contributed by atoms with Gasteiger partial charge >= 0.3 is 0 Å². The summed E-state index contributed by atoms with van der Waals surface area (Å²) >= 11 is 0. The van der Waals surface area contributed by atoms with Gasteiger partial charge in [0.2, 0.25) is 0 Å². The van der Waals surface area contributed by atoms with E-state index in [-0.39, 0.29) is 0 Å². The van der Waals surface area contributed by atoms with Gasteiger partial charge in [-0.1, -0.05) is 18.7 Å². The van der Waals surface area contributed by atoms with E-state index in [2.05, 4.69) is 18.7 Å². The molecule has 15 heavy (non-hydrogen) atoms. The van der Waals surface area contributed by atoms with Gasteiger partial charge in [-0.15, -0.1) is 0 Å². The van der Waals surface area contributed by atoms with E-state index < -0.39 is 0 Å². The predicted octanol–water partition coefficient (Wildman–Crippen LogP) is 2.69. The molecular weight excluding hydrogens is 202 g/mol. The minimum absolute atomic E-state index is 0.606. The molecule has 2 N–H and O–H groups in total. The van der Waals surface area contributed by atoms with Crippen LogP contribution >= 0.6 is 0 Å². The van der Waals surface area contributed by atoms with E-state index >= 15 is 0 Å². The van der Waals surface area contributed by atoms with Crippen molar-refractivity contribution in [3.8, 4) is 0 Å². The maximum absolute atomic E-state index is 5.66. The van der Waals surface area contributed by atoms with Crippen LogP contribution in [0.1, 0.15) is 18.4 Å². The summed E-state index contributed by atoms with van der Waals surface area (Å²) in [6.07, 6.45) is 2.83. The van der Waals surface area contributed by atoms with Crippen molar-refractivity contribution in [1.29, 1.82) is 0 Å². The third-order valence-electron chi connectivity index (χ3n) is 2.81. The Morgan fingerprint density at radius 3 is 2.40 bits per heavy atom. The molecular formula is C13H18NS+. The van der Waals surface area contributed by atoms with Gasteiger partial charge in [0, 0.05) is 11.3 Å². The third kappa shape index (κ3) is 2.78. The van der Waals surface area contributed by atoms with Gasteiger partial charge in [0.25, 0.3) is 0 Å². The molecule has 0 spiro atoms. The van der Waals surface area contributed by atoms with Crippen LogP contribution in [-0.4, -0.2) is 17.3 Å². The first kappa shape index (κ1) is 10.6. The van der Waals surface area contributed by atoms with Crippen molar-refractivity contribution in [2.24, 2.45) is 0 Å². The monoisotopic (exact) mass is 220 g/mol.